The van der Waals surface area contributed by atoms with Crippen LogP contribution in [0.4, 0.5) is 8.78 Å². The van der Waals surface area contributed by atoms with Crippen molar-refractivity contribution >= 4 is 11.9 Å². The molecule has 2 heterocycles. The summed E-state index contributed by atoms with van der Waals surface area (Å²) >= 11 is 0. The van der Waals surface area contributed by atoms with Crippen LogP contribution in [0.2, 0.25) is 0 Å². The lowest BCUT2D eigenvalue weighted by Crippen LogP contribution is -2.56. The molecule has 0 spiro atoms. The third-order valence-corrected chi connectivity index (χ3v) is 4.09. The van der Waals surface area contributed by atoms with Gasteiger partial charge in [0.25, 0.3) is 11.8 Å². The van der Waals surface area contributed by atoms with Crippen molar-refractivity contribution in [1.82, 2.24) is 10.2 Å². The standard InChI is InChI=1S/C14H21F2N3O7/c1-5(2)7(17)12(23)25-4-14(16)9(21)8(20)11(26-14)19-3-6(15)10(22)18-13(19)24/h3,5,7-9,11,13,20-21,24H,4,17H2,1-2H3,(H,18,22)/t7-,8+,9-,11+,13?,14+/m0/s1. The van der Waals surface area contributed by atoms with Crippen LogP contribution in [-0.2, 0) is 19.1 Å². The number of carbonyl (C=O) groups is 2. The van der Waals surface area contributed by atoms with Crippen LogP contribution < -0.4 is 11.1 Å². The molecule has 2 rings (SSSR count). The first kappa shape index (κ1) is 20.5. The fraction of sp³-hybridized carbons (Fsp3) is 0.714. The average Bonchev–Trinajstić information content (AvgIpc) is 2.80. The lowest BCUT2D eigenvalue weighted by atomic mass is 10.1. The van der Waals surface area contributed by atoms with Gasteiger partial charge in [-0.2, -0.15) is 4.39 Å². The van der Waals surface area contributed by atoms with Crippen molar-refractivity contribution in [3.8, 4) is 0 Å². The Hall–Kier alpha value is -1.86. The normalized spacial score (nSPS) is 36.0. The topological polar surface area (TPSA) is 155 Å². The Balaban J connectivity index is 2.11. The number of nitrogens with one attached hydrogen (secondary N) is 1. The number of esters is 1. The molecule has 0 aliphatic carbocycles. The molecule has 12 heteroatoms. The Morgan fingerprint density at radius 1 is 1.50 bits per heavy atom. The largest absolute Gasteiger partial charge is 0.458 e. The first-order valence-electron chi connectivity index (χ1n) is 7.76. The van der Waals surface area contributed by atoms with Crippen molar-refractivity contribution in [3.05, 3.63) is 12.0 Å². The second kappa shape index (κ2) is 7.40. The van der Waals surface area contributed by atoms with E-state index in [0.29, 0.717) is 11.1 Å². The van der Waals surface area contributed by atoms with Crippen LogP contribution in [0.3, 0.4) is 0 Å². The van der Waals surface area contributed by atoms with Crippen LogP contribution in [0.25, 0.3) is 0 Å². The number of aliphatic hydroxyl groups is 3. The van der Waals surface area contributed by atoms with Gasteiger partial charge in [0.05, 0.1) is 0 Å². The molecule has 6 atom stereocenters. The maximum absolute atomic E-state index is 14.8. The second-order valence-corrected chi connectivity index (χ2v) is 6.38. The Morgan fingerprint density at radius 3 is 2.69 bits per heavy atom. The number of nitrogens with two attached hydrogens (primary N) is 1. The van der Waals surface area contributed by atoms with Gasteiger partial charge in [-0.15, -0.1) is 0 Å². The second-order valence-electron chi connectivity index (χ2n) is 6.38. The SMILES string of the molecule is CC(C)[C@H](N)C(=O)OC[C@@]1(F)O[C@@H](N2C=C(F)C(=O)NC2O)[C@H](O)[C@@H]1O. The van der Waals surface area contributed by atoms with Crippen LogP contribution in [0.5, 0.6) is 0 Å². The van der Waals surface area contributed by atoms with Crippen molar-refractivity contribution < 1.29 is 43.2 Å². The van der Waals surface area contributed by atoms with Gasteiger partial charge in [-0.05, 0) is 5.92 Å². The highest BCUT2D eigenvalue weighted by Crippen LogP contribution is 2.36. The molecule has 1 unspecified atom stereocenters. The summed E-state index contributed by atoms with van der Waals surface area (Å²) in [6.45, 7) is 2.19. The highest BCUT2D eigenvalue weighted by Gasteiger charge is 2.58. The maximum Gasteiger partial charge on any atom is 0.323 e. The minimum Gasteiger partial charge on any atom is -0.458 e. The molecule has 1 fully saturated rings. The number of halogens is 2. The number of amides is 1. The number of ether oxygens (including phenoxy) is 2. The summed E-state index contributed by atoms with van der Waals surface area (Å²) < 4.78 is 37.8. The molecule has 0 aromatic rings. The van der Waals surface area contributed by atoms with E-state index in [9.17, 15) is 33.7 Å². The third-order valence-electron chi connectivity index (χ3n) is 4.09. The number of carbonyl (C=O) groups excluding carboxylic acids is 2. The Labute approximate surface area is 147 Å². The number of aliphatic hydroxyl groups excluding tert-OH is 3. The lowest BCUT2D eigenvalue weighted by Gasteiger charge is -2.35. The van der Waals surface area contributed by atoms with Crippen LogP contribution in [0, 0.1) is 5.92 Å². The minimum absolute atomic E-state index is 0.286. The predicted molar refractivity (Wildman–Crippen MR) is 79.7 cm³/mol. The molecule has 0 bridgehead atoms. The summed E-state index contributed by atoms with van der Waals surface area (Å²) in [6, 6.07) is -1.03. The molecule has 6 N–H and O–H groups in total. The van der Waals surface area contributed by atoms with Crippen molar-refractivity contribution in [3.63, 3.8) is 0 Å². The fourth-order valence-electron chi connectivity index (χ4n) is 2.38. The van der Waals surface area contributed by atoms with Crippen molar-refractivity contribution in [2.24, 2.45) is 11.7 Å². The van der Waals surface area contributed by atoms with Crippen molar-refractivity contribution in [1.29, 1.82) is 0 Å². The van der Waals surface area contributed by atoms with Crippen molar-refractivity contribution in [2.45, 2.75) is 50.5 Å². The van der Waals surface area contributed by atoms with Crippen molar-refractivity contribution in [2.75, 3.05) is 6.61 Å². The Morgan fingerprint density at radius 2 is 2.12 bits per heavy atom. The maximum atomic E-state index is 14.8. The molecular weight excluding hydrogens is 360 g/mol. The van der Waals surface area contributed by atoms with Crippen LogP contribution in [0.15, 0.2) is 12.0 Å². The van der Waals surface area contributed by atoms with Gasteiger partial charge in [-0.25, -0.2) is 4.39 Å². The zero-order valence-corrected chi connectivity index (χ0v) is 14.0. The van der Waals surface area contributed by atoms with E-state index in [1.807, 2.05) is 0 Å². The third kappa shape index (κ3) is 3.78. The van der Waals surface area contributed by atoms with Crippen LogP contribution in [0.1, 0.15) is 13.8 Å². The molecule has 0 aromatic heterocycles. The molecule has 1 amide bonds. The molecule has 1 saturated heterocycles. The van der Waals surface area contributed by atoms with Gasteiger partial charge in [0.15, 0.2) is 12.8 Å². The van der Waals surface area contributed by atoms with E-state index in [4.69, 9.17) is 15.2 Å². The molecule has 26 heavy (non-hydrogen) atoms. The number of hydrogen-bond donors (Lipinski definition) is 5. The van der Waals surface area contributed by atoms with E-state index >= 15 is 0 Å². The van der Waals surface area contributed by atoms with Gasteiger partial charge in [0.1, 0.15) is 18.2 Å². The first-order chi connectivity index (χ1) is 12.0. The summed E-state index contributed by atoms with van der Waals surface area (Å²) in [6.07, 6.45) is -7.25. The van der Waals surface area contributed by atoms with E-state index in [0.717, 1.165) is 0 Å². The van der Waals surface area contributed by atoms with E-state index < -0.39 is 61.0 Å². The number of alkyl halides is 1. The molecule has 0 aromatic carbocycles. The van der Waals surface area contributed by atoms with E-state index in [1.165, 1.54) is 0 Å². The van der Waals surface area contributed by atoms with Crippen LogP contribution >= 0.6 is 0 Å². The quantitative estimate of drug-likeness (QED) is 0.333. The molecule has 2 aliphatic rings. The molecule has 0 radical (unpaired) electrons. The zero-order chi connectivity index (χ0) is 19.8. The highest BCUT2D eigenvalue weighted by molar-refractivity contribution is 5.91. The smallest absolute Gasteiger partial charge is 0.323 e. The molecule has 10 nitrogen and oxygen atoms in total. The van der Waals surface area contributed by atoms with Crippen LogP contribution in [-0.4, -0.2) is 75.4 Å². The highest BCUT2D eigenvalue weighted by atomic mass is 19.2. The number of hydrogen-bond acceptors (Lipinski definition) is 9. The number of rotatable bonds is 5. The first-order valence-corrected chi connectivity index (χ1v) is 7.76. The van der Waals surface area contributed by atoms with Gasteiger partial charge in [-0.1, -0.05) is 13.8 Å². The summed E-state index contributed by atoms with van der Waals surface area (Å²) in [7, 11) is 0. The van der Waals surface area contributed by atoms with E-state index in [-0.39, 0.29) is 5.92 Å². The summed E-state index contributed by atoms with van der Waals surface area (Å²) in [5.41, 5.74) is 5.56. The molecule has 2 aliphatic heterocycles. The average molecular weight is 381 g/mol. The monoisotopic (exact) mass is 381 g/mol. The van der Waals surface area contributed by atoms with Gasteiger partial charge >= 0.3 is 5.97 Å². The van der Waals surface area contributed by atoms with Gasteiger partial charge in [-0.3, -0.25) is 9.59 Å². The Bertz CT molecular complexity index is 605. The van der Waals surface area contributed by atoms with Gasteiger partial charge in [0.2, 0.25) is 12.2 Å². The Kier molecular flexibility index (Phi) is 5.82. The van der Waals surface area contributed by atoms with Gasteiger partial charge in [0, 0.05) is 6.20 Å². The van der Waals surface area contributed by atoms with E-state index in [2.05, 4.69) is 0 Å². The molecule has 148 valence electrons. The summed E-state index contributed by atoms with van der Waals surface area (Å²) in [4.78, 5) is 23.4. The minimum atomic E-state index is -3.04. The predicted octanol–water partition coefficient (Wildman–Crippen LogP) is -2.22. The molecular formula is C14H21F2N3O7. The van der Waals surface area contributed by atoms with E-state index in [1.54, 1.807) is 19.2 Å². The summed E-state index contributed by atoms with van der Waals surface area (Å²) in [5, 5.41) is 31.4. The van der Waals surface area contributed by atoms with Gasteiger partial charge < -0.3 is 40.7 Å². The number of nitrogens with zero attached hydrogens (tertiary/aromatic N) is 1. The summed E-state index contributed by atoms with van der Waals surface area (Å²) in [5.74, 6) is -6.81. The molecule has 0 saturated carbocycles. The zero-order valence-electron chi connectivity index (χ0n) is 14.0. The lowest BCUT2D eigenvalue weighted by molar-refractivity contribution is -0.233. The fourth-order valence-corrected chi connectivity index (χ4v) is 2.38.